The molecule has 0 spiro atoms. The van der Waals surface area contributed by atoms with Crippen LogP contribution in [0.3, 0.4) is 0 Å². The Morgan fingerprint density at radius 1 is 1.47 bits per heavy atom. The van der Waals surface area contributed by atoms with E-state index in [0.29, 0.717) is 5.69 Å². The maximum atomic E-state index is 11.1. The molecule has 15 heavy (non-hydrogen) atoms. The molecule has 1 amide bonds. The van der Waals surface area contributed by atoms with E-state index < -0.39 is 5.97 Å². The van der Waals surface area contributed by atoms with Crippen molar-refractivity contribution in [2.45, 2.75) is 6.92 Å². The second-order valence-corrected chi connectivity index (χ2v) is 2.76. The third kappa shape index (κ3) is 3.22. The van der Waals surface area contributed by atoms with Crippen LogP contribution < -0.4 is 5.32 Å². The van der Waals surface area contributed by atoms with Crippen LogP contribution in [-0.2, 0) is 4.79 Å². The van der Waals surface area contributed by atoms with E-state index >= 15 is 0 Å². The van der Waals surface area contributed by atoms with Crippen molar-refractivity contribution in [3.8, 4) is 0 Å². The lowest BCUT2D eigenvalue weighted by Gasteiger charge is -2.01. The van der Waals surface area contributed by atoms with E-state index in [9.17, 15) is 9.59 Å². The molecule has 0 saturated heterocycles. The van der Waals surface area contributed by atoms with Crippen LogP contribution in [0.4, 0.5) is 5.69 Å². The van der Waals surface area contributed by atoms with Crippen LogP contribution >= 0.6 is 0 Å². The average Bonchev–Trinajstić information content (AvgIpc) is 2.18. The number of aromatic carboxylic acids is 1. The van der Waals surface area contributed by atoms with E-state index in [2.05, 4.69) is 10.3 Å². The maximum absolute atomic E-state index is 11.1. The standard InChI is InChI=1S/C10H10N2O3/c1-2-3-9(13)12-8-4-7(10(14)15)5-11-6-8/h2-6H,1H3,(H,12,13)(H,14,15). The summed E-state index contributed by atoms with van der Waals surface area (Å²) >= 11 is 0. The molecule has 1 aromatic heterocycles. The predicted octanol–water partition coefficient (Wildman–Crippen LogP) is 1.29. The summed E-state index contributed by atoms with van der Waals surface area (Å²) in [6.07, 6.45) is 5.53. The van der Waals surface area contributed by atoms with Crippen molar-refractivity contribution in [2.24, 2.45) is 0 Å². The van der Waals surface area contributed by atoms with Gasteiger partial charge in [-0.2, -0.15) is 0 Å². The summed E-state index contributed by atoms with van der Waals surface area (Å²) in [7, 11) is 0. The molecule has 5 heteroatoms. The Bertz CT molecular complexity index is 413. The van der Waals surface area contributed by atoms with Crippen molar-refractivity contribution >= 4 is 17.6 Å². The molecule has 0 aromatic carbocycles. The Balaban J connectivity index is 2.82. The Morgan fingerprint density at radius 2 is 2.20 bits per heavy atom. The highest BCUT2D eigenvalue weighted by molar-refractivity contribution is 5.99. The molecule has 0 fully saturated rings. The molecule has 0 aliphatic heterocycles. The topological polar surface area (TPSA) is 79.3 Å². The molecule has 0 saturated carbocycles. The van der Waals surface area contributed by atoms with Crippen LogP contribution in [0, 0.1) is 0 Å². The minimum absolute atomic E-state index is 0.0354. The van der Waals surface area contributed by atoms with Crippen LogP contribution in [0.15, 0.2) is 30.6 Å². The van der Waals surface area contributed by atoms with Crippen LogP contribution in [-0.4, -0.2) is 22.0 Å². The van der Waals surface area contributed by atoms with Crippen molar-refractivity contribution in [3.05, 3.63) is 36.2 Å². The van der Waals surface area contributed by atoms with E-state index in [-0.39, 0.29) is 11.5 Å². The molecule has 2 N–H and O–H groups in total. The van der Waals surface area contributed by atoms with Crippen LogP contribution in [0.25, 0.3) is 0 Å². The van der Waals surface area contributed by atoms with Crippen molar-refractivity contribution < 1.29 is 14.7 Å². The van der Waals surface area contributed by atoms with E-state index in [1.165, 1.54) is 24.5 Å². The molecule has 1 aromatic rings. The van der Waals surface area contributed by atoms with Gasteiger partial charge in [0.25, 0.3) is 0 Å². The zero-order valence-electron chi connectivity index (χ0n) is 8.10. The van der Waals surface area contributed by atoms with Crippen molar-refractivity contribution in [1.29, 1.82) is 0 Å². The number of carbonyl (C=O) groups excluding carboxylic acids is 1. The summed E-state index contributed by atoms with van der Waals surface area (Å²) in [5.41, 5.74) is 0.395. The van der Waals surface area contributed by atoms with Gasteiger partial charge in [-0.15, -0.1) is 0 Å². The lowest BCUT2D eigenvalue weighted by atomic mass is 10.2. The van der Waals surface area contributed by atoms with Gasteiger partial charge < -0.3 is 10.4 Å². The predicted molar refractivity (Wildman–Crippen MR) is 54.6 cm³/mol. The summed E-state index contributed by atoms with van der Waals surface area (Å²) in [6, 6.07) is 1.34. The summed E-state index contributed by atoms with van der Waals surface area (Å²) < 4.78 is 0. The van der Waals surface area contributed by atoms with Crippen LogP contribution in [0.5, 0.6) is 0 Å². The van der Waals surface area contributed by atoms with Crippen LogP contribution in [0.1, 0.15) is 17.3 Å². The lowest BCUT2D eigenvalue weighted by Crippen LogP contribution is -2.09. The number of carboxylic acids is 1. The number of aromatic nitrogens is 1. The highest BCUT2D eigenvalue weighted by Gasteiger charge is 2.04. The van der Waals surface area contributed by atoms with Crippen molar-refractivity contribution in [1.82, 2.24) is 4.98 Å². The maximum Gasteiger partial charge on any atom is 0.337 e. The van der Waals surface area contributed by atoms with Gasteiger partial charge in [0, 0.05) is 6.20 Å². The van der Waals surface area contributed by atoms with Gasteiger partial charge >= 0.3 is 5.97 Å². The SMILES string of the molecule is CC=CC(=O)Nc1cncc(C(=O)O)c1. The van der Waals surface area contributed by atoms with Gasteiger partial charge in [-0.3, -0.25) is 9.78 Å². The number of nitrogens with zero attached hydrogens (tertiary/aromatic N) is 1. The van der Waals surface area contributed by atoms with E-state index in [4.69, 9.17) is 5.11 Å². The fraction of sp³-hybridized carbons (Fsp3) is 0.100. The molecule has 0 aliphatic carbocycles. The van der Waals surface area contributed by atoms with Gasteiger partial charge in [-0.25, -0.2) is 4.79 Å². The largest absolute Gasteiger partial charge is 0.478 e. The van der Waals surface area contributed by atoms with E-state index in [1.54, 1.807) is 13.0 Å². The lowest BCUT2D eigenvalue weighted by molar-refractivity contribution is -0.111. The Kier molecular flexibility index (Phi) is 3.56. The third-order valence-corrected chi connectivity index (χ3v) is 1.57. The Labute approximate surface area is 86.5 Å². The normalized spacial score (nSPS) is 10.2. The molecule has 0 radical (unpaired) electrons. The summed E-state index contributed by atoms with van der Waals surface area (Å²) in [6.45, 7) is 1.71. The monoisotopic (exact) mass is 206 g/mol. The number of amides is 1. The molecule has 78 valence electrons. The summed E-state index contributed by atoms with van der Waals surface area (Å²) in [4.78, 5) is 25.4. The molecule has 0 unspecified atom stereocenters. The molecule has 1 heterocycles. The highest BCUT2D eigenvalue weighted by atomic mass is 16.4. The van der Waals surface area contributed by atoms with Gasteiger partial charge in [0.05, 0.1) is 17.4 Å². The number of carbonyl (C=O) groups is 2. The first-order valence-corrected chi connectivity index (χ1v) is 4.25. The van der Waals surface area contributed by atoms with Gasteiger partial charge in [0.1, 0.15) is 0 Å². The Hall–Kier alpha value is -2.17. The quantitative estimate of drug-likeness (QED) is 0.730. The molecular formula is C10H10N2O3. The number of allylic oxidation sites excluding steroid dienone is 1. The number of hydrogen-bond donors (Lipinski definition) is 2. The summed E-state index contributed by atoms with van der Waals surface area (Å²) in [5, 5.41) is 11.2. The fourth-order valence-electron chi connectivity index (χ4n) is 0.961. The summed E-state index contributed by atoms with van der Waals surface area (Å²) in [5.74, 6) is -1.40. The first kappa shape index (κ1) is 10.9. The molecule has 0 atom stereocenters. The second-order valence-electron chi connectivity index (χ2n) is 2.76. The first-order valence-electron chi connectivity index (χ1n) is 4.25. The molecule has 5 nitrogen and oxygen atoms in total. The number of carboxylic acid groups (broad SMARTS) is 1. The zero-order valence-corrected chi connectivity index (χ0v) is 8.10. The Morgan fingerprint density at radius 3 is 2.80 bits per heavy atom. The van der Waals surface area contributed by atoms with Gasteiger partial charge in [-0.05, 0) is 19.1 Å². The average molecular weight is 206 g/mol. The number of rotatable bonds is 3. The van der Waals surface area contributed by atoms with E-state index in [0.717, 1.165) is 0 Å². The van der Waals surface area contributed by atoms with Gasteiger partial charge in [-0.1, -0.05) is 6.08 Å². The molecule has 0 aliphatic rings. The van der Waals surface area contributed by atoms with E-state index in [1.807, 2.05) is 0 Å². The minimum Gasteiger partial charge on any atom is -0.478 e. The smallest absolute Gasteiger partial charge is 0.337 e. The van der Waals surface area contributed by atoms with Crippen molar-refractivity contribution in [3.63, 3.8) is 0 Å². The molecule has 0 bridgehead atoms. The second kappa shape index (κ2) is 4.90. The number of hydrogen-bond acceptors (Lipinski definition) is 3. The highest BCUT2D eigenvalue weighted by Crippen LogP contribution is 2.08. The number of anilines is 1. The van der Waals surface area contributed by atoms with Gasteiger partial charge in [0.2, 0.25) is 5.91 Å². The number of nitrogens with one attached hydrogen (secondary N) is 1. The van der Waals surface area contributed by atoms with Gasteiger partial charge in [0.15, 0.2) is 0 Å². The fourth-order valence-corrected chi connectivity index (χ4v) is 0.961. The van der Waals surface area contributed by atoms with Crippen LogP contribution in [0.2, 0.25) is 0 Å². The zero-order chi connectivity index (χ0) is 11.3. The minimum atomic E-state index is -1.08. The van der Waals surface area contributed by atoms with Crippen molar-refractivity contribution in [2.75, 3.05) is 5.32 Å². The first-order chi connectivity index (χ1) is 7.13. The number of pyridine rings is 1. The molecular weight excluding hydrogens is 196 g/mol. The third-order valence-electron chi connectivity index (χ3n) is 1.57. The molecule has 1 rings (SSSR count).